The molecule has 0 saturated heterocycles. The fraction of sp³-hybridized carbons (Fsp3) is 0.250. The van der Waals surface area contributed by atoms with Gasteiger partial charge in [-0.25, -0.2) is 4.39 Å². The average molecular weight is 326 g/mol. The van der Waals surface area contributed by atoms with Crippen LogP contribution in [0.3, 0.4) is 0 Å². The second-order valence-corrected chi connectivity index (χ2v) is 5.93. The first kappa shape index (κ1) is 14.6. The van der Waals surface area contributed by atoms with Crippen molar-refractivity contribution in [3.05, 3.63) is 57.8 Å². The molecule has 1 N–H and O–H groups in total. The lowest BCUT2D eigenvalue weighted by atomic mass is 10.2. The second kappa shape index (κ2) is 6.22. The van der Waals surface area contributed by atoms with E-state index in [2.05, 4.69) is 5.32 Å². The quantitative estimate of drug-likeness (QED) is 0.818. The summed E-state index contributed by atoms with van der Waals surface area (Å²) in [4.78, 5) is 0. The molecule has 1 saturated carbocycles. The van der Waals surface area contributed by atoms with Gasteiger partial charge in [0.15, 0.2) is 0 Å². The SMILES string of the molecule is Fc1ccc(Oc2cc(Cl)ccc2Cl)c(CNC2CC2)c1. The maximum atomic E-state index is 13.4. The Morgan fingerprint density at radius 2 is 1.90 bits per heavy atom. The summed E-state index contributed by atoms with van der Waals surface area (Å²) >= 11 is 12.0. The van der Waals surface area contributed by atoms with Gasteiger partial charge in [-0.15, -0.1) is 0 Å². The van der Waals surface area contributed by atoms with E-state index < -0.39 is 0 Å². The van der Waals surface area contributed by atoms with Crippen LogP contribution in [-0.4, -0.2) is 6.04 Å². The van der Waals surface area contributed by atoms with Crippen molar-refractivity contribution in [3.63, 3.8) is 0 Å². The zero-order chi connectivity index (χ0) is 14.8. The van der Waals surface area contributed by atoms with Gasteiger partial charge in [-0.1, -0.05) is 23.2 Å². The summed E-state index contributed by atoms with van der Waals surface area (Å²) < 4.78 is 19.2. The number of ether oxygens (including phenoxy) is 1. The molecule has 0 spiro atoms. The van der Waals surface area contributed by atoms with Gasteiger partial charge in [-0.3, -0.25) is 0 Å². The van der Waals surface area contributed by atoms with Gasteiger partial charge in [0.2, 0.25) is 0 Å². The lowest BCUT2D eigenvalue weighted by Gasteiger charge is -2.13. The van der Waals surface area contributed by atoms with Gasteiger partial charge >= 0.3 is 0 Å². The Morgan fingerprint density at radius 1 is 1.10 bits per heavy atom. The third-order valence-corrected chi connectivity index (χ3v) is 3.84. The zero-order valence-corrected chi connectivity index (χ0v) is 12.7. The van der Waals surface area contributed by atoms with Gasteiger partial charge < -0.3 is 10.1 Å². The largest absolute Gasteiger partial charge is 0.455 e. The third kappa shape index (κ3) is 3.88. The summed E-state index contributed by atoms with van der Waals surface area (Å²) in [6.45, 7) is 0.565. The van der Waals surface area contributed by atoms with E-state index in [0.717, 1.165) is 5.56 Å². The van der Waals surface area contributed by atoms with E-state index in [4.69, 9.17) is 27.9 Å². The standard InChI is InChI=1S/C16H14Cl2FNO/c17-11-1-5-14(18)16(8-11)21-15-6-2-12(19)7-10(15)9-20-13-3-4-13/h1-2,5-8,13,20H,3-4,9H2. The van der Waals surface area contributed by atoms with E-state index >= 15 is 0 Å². The van der Waals surface area contributed by atoms with Crippen molar-refractivity contribution >= 4 is 23.2 Å². The van der Waals surface area contributed by atoms with Crippen LogP contribution in [0.2, 0.25) is 10.0 Å². The Hall–Kier alpha value is -1.29. The van der Waals surface area contributed by atoms with Gasteiger partial charge in [-0.05, 0) is 43.2 Å². The van der Waals surface area contributed by atoms with Crippen LogP contribution in [-0.2, 0) is 6.54 Å². The van der Waals surface area contributed by atoms with Crippen LogP contribution in [0.5, 0.6) is 11.5 Å². The Kier molecular flexibility index (Phi) is 4.34. The summed E-state index contributed by atoms with van der Waals surface area (Å²) in [5.74, 6) is 0.754. The molecular formula is C16H14Cl2FNO. The van der Waals surface area contributed by atoms with Crippen molar-refractivity contribution in [2.24, 2.45) is 0 Å². The van der Waals surface area contributed by atoms with E-state index in [1.807, 2.05) is 0 Å². The molecule has 1 fully saturated rings. The van der Waals surface area contributed by atoms with Crippen molar-refractivity contribution in [1.82, 2.24) is 5.32 Å². The molecule has 2 aromatic rings. The van der Waals surface area contributed by atoms with Crippen molar-refractivity contribution in [1.29, 1.82) is 0 Å². The van der Waals surface area contributed by atoms with Crippen LogP contribution >= 0.6 is 23.2 Å². The molecule has 0 radical (unpaired) electrons. The van der Waals surface area contributed by atoms with Crippen LogP contribution < -0.4 is 10.1 Å². The Balaban J connectivity index is 1.84. The van der Waals surface area contributed by atoms with Crippen LogP contribution in [0.15, 0.2) is 36.4 Å². The molecule has 21 heavy (non-hydrogen) atoms. The summed E-state index contributed by atoms with van der Waals surface area (Å²) in [7, 11) is 0. The van der Waals surface area contributed by atoms with E-state index in [9.17, 15) is 4.39 Å². The summed E-state index contributed by atoms with van der Waals surface area (Å²) in [5, 5.41) is 4.35. The summed E-state index contributed by atoms with van der Waals surface area (Å²) in [5.41, 5.74) is 0.762. The monoisotopic (exact) mass is 325 g/mol. The van der Waals surface area contributed by atoms with Crippen LogP contribution in [0, 0.1) is 5.82 Å². The smallest absolute Gasteiger partial charge is 0.147 e. The van der Waals surface area contributed by atoms with Crippen LogP contribution in [0.25, 0.3) is 0 Å². The van der Waals surface area contributed by atoms with Gasteiger partial charge in [0.1, 0.15) is 17.3 Å². The average Bonchev–Trinajstić information content (AvgIpc) is 3.27. The highest BCUT2D eigenvalue weighted by atomic mass is 35.5. The first-order chi connectivity index (χ1) is 10.1. The minimum atomic E-state index is -0.285. The fourth-order valence-electron chi connectivity index (χ4n) is 2.00. The van der Waals surface area contributed by atoms with E-state index in [0.29, 0.717) is 34.1 Å². The second-order valence-electron chi connectivity index (χ2n) is 5.08. The molecule has 2 nitrogen and oxygen atoms in total. The third-order valence-electron chi connectivity index (χ3n) is 3.29. The lowest BCUT2D eigenvalue weighted by Crippen LogP contribution is -2.16. The Labute approximate surface area is 132 Å². The number of benzene rings is 2. The first-order valence-corrected chi connectivity index (χ1v) is 7.52. The molecule has 0 heterocycles. The Bertz CT molecular complexity index is 659. The highest BCUT2D eigenvalue weighted by Gasteiger charge is 2.21. The van der Waals surface area contributed by atoms with E-state index in [1.165, 1.54) is 25.0 Å². The molecule has 1 aliphatic rings. The van der Waals surface area contributed by atoms with Gasteiger partial charge in [0.05, 0.1) is 5.02 Å². The predicted octanol–water partition coefficient (Wildman–Crippen LogP) is 5.18. The predicted molar refractivity (Wildman–Crippen MR) is 82.8 cm³/mol. The van der Waals surface area contributed by atoms with Crippen molar-refractivity contribution in [2.45, 2.75) is 25.4 Å². The molecule has 0 aliphatic heterocycles. The molecule has 3 rings (SSSR count). The molecule has 0 bridgehead atoms. The Morgan fingerprint density at radius 3 is 2.67 bits per heavy atom. The van der Waals surface area contributed by atoms with Gasteiger partial charge in [0, 0.05) is 29.2 Å². The maximum absolute atomic E-state index is 13.4. The van der Waals surface area contributed by atoms with Gasteiger partial charge in [0.25, 0.3) is 0 Å². The van der Waals surface area contributed by atoms with Crippen LogP contribution in [0.4, 0.5) is 4.39 Å². The van der Waals surface area contributed by atoms with Crippen molar-refractivity contribution in [2.75, 3.05) is 0 Å². The summed E-state index contributed by atoms with van der Waals surface area (Å²) in [6, 6.07) is 10.00. The molecule has 0 aromatic heterocycles. The fourth-order valence-corrected chi connectivity index (χ4v) is 2.32. The highest BCUT2D eigenvalue weighted by molar-refractivity contribution is 6.34. The minimum Gasteiger partial charge on any atom is -0.455 e. The molecule has 2 aromatic carbocycles. The number of hydrogen-bond acceptors (Lipinski definition) is 2. The van der Waals surface area contributed by atoms with E-state index in [1.54, 1.807) is 24.3 Å². The van der Waals surface area contributed by atoms with Crippen molar-refractivity contribution in [3.8, 4) is 11.5 Å². The number of hydrogen-bond donors (Lipinski definition) is 1. The molecule has 0 atom stereocenters. The maximum Gasteiger partial charge on any atom is 0.147 e. The number of nitrogens with one attached hydrogen (secondary N) is 1. The van der Waals surface area contributed by atoms with Crippen LogP contribution in [0.1, 0.15) is 18.4 Å². The normalized spacial score (nSPS) is 14.2. The molecule has 0 unspecified atom stereocenters. The molecule has 110 valence electrons. The number of halogens is 3. The molecule has 5 heteroatoms. The highest BCUT2D eigenvalue weighted by Crippen LogP contribution is 2.34. The first-order valence-electron chi connectivity index (χ1n) is 6.76. The summed E-state index contributed by atoms with van der Waals surface area (Å²) in [6.07, 6.45) is 2.34. The topological polar surface area (TPSA) is 21.3 Å². The lowest BCUT2D eigenvalue weighted by molar-refractivity contribution is 0.470. The molecule has 0 amide bonds. The zero-order valence-electron chi connectivity index (χ0n) is 11.2. The number of rotatable bonds is 5. The molecule has 1 aliphatic carbocycles. The molecular weight excluding hydrogens is 312 g/mol. The van der Waals surface area contributed by atoms with E-state index in [-0.39, 0.29) is 5.82 Å². The minimum absolute atomic E-state index is 0.285. The van der Waals surface area contributed by atoms with Gasteiger partial charge in [-0.2, -0.15) is 0 Å². The van der Waals surface area contributed by atoms with Crippen molar-refractivity contribution < 1.29 is 9.13 Å².